The zero-order valence-corrected chi connectivity index (χ0v) is 15.0. The minimum atomic E-state index is -0.854. The number of carbonyl (C=O) groups excluding carboxylic acids is 1. The van der Waals surface area contributed by atoms with E-state index in [2.05, 4.69) is 15.3 Å². The number of nitrogens with one attached hydrogen (secondary N) is 1. The molecule has 0 aliphatic rings. The van der Waals surface area contributed by atoms with Crippen LogP contribution in [0.5, 0.6) is 0 Å². The van der Waals surface area contributed by atoms with Gasteiger partial charge < -0.3 is 5.32 Å². The Hall–Kier alpha value is -1.59. The number of halogens is 4. The third-order valence-electron chi connectivity index (χ3n) is 3.26. The van der Waals surface area contributed by atoms with Gasteiger partial charge in [0.1, 0.15) is 15.8 Å². The zero-order valence-electron chi connectivity index (χ0n) is 11.9. The summed E-state index contributed by atoms with van der Waals surface area (Å²) in [4.78, 5) is 20.1. The van der Waals surface area contributed by atoms with Crippen molar-refractivity contribution in [1.29, 1.82) is 0 Å². The van der Waals surface area contributed by atoms with Crippen LogP contribution in [0.4, 0.5) is 5.82 Å². The Morgan fingerprint density at radius 3 is 2.50 bits per heavy atom. The van der Waals surface area contributed by atoms with Crippen LogP contribution in [0.1, 0.15) is 20.8 Å². The van der Waals surface area contributed by atoms with Crippen molar-refractivity contribution in [3.63, 3.8) is 0 Å². The maximum absolute atomic E-state index is 12.5. The lowest BCUT2D eigenvalue weighted by Gasteiger charge is -2.11. The summed E-state index contributed by atoms with van der Waals surface area (Å²) < 4.78 is 0. The molecule has 1 N–H and O–H groups in total. The first-order valence-electron chi connectivity index (χ1n) is 6.76. The lowest BCUT2D eigenvalue weighted by Crippen LogP contribution is -2.15. The first-order valence-corrected chi connectivity index (χ1v) is 8.39. The fraction of sp³-hybridized carbons (Fsp3) is 0.0625. The van der Waals surface area contributed by atoms with Crippen molar-refractivity contribution in [1.82, 2.24) is 9.97 Å². The summed E-state index contributed by atoms with van der Waals surface area (Å²) in [6, 6.07) is 11.6. The molecule has 0 fully saturated rings. The molecule has 2 aromatic heterocycles. The van der Waals surface area contributed by atoms with Crippen molar-refractivity contribution in [3.8, 4) is 0 Å². The van der Waals surface area contributed by atoms with Gasteiger partial charge in [-0.3, -0.25) is 4.79 Å². The molecule has 8 heteroatoms. The zero-order chi connectivity index (χ0) is 17.3. The monoisotopic (exact) mass is 399 g/mol. The number of alkyl halides is 2. The van der Waals surface area contributed by atoms with Crippen LogP contribution < -0.4 is 5.32 Å². The van der Waals surface area contributed by atoms with Crippen LogP contribution in [0, 0.1) is 0 Å². The molecular formula is C16H9Cl4N3O. The van der Waals surface area contributed by atoms with Gasteiger partial charge in [-0.15, -0.1) is 23.2 Å². The van der Waals surface area contributed by atoms with Gasteiger partial charge in [-0.1, -0.05) is 29.3 Å². The Labute approximate surface area is 157 Å². The molecule has 24 heavy (non-hydrogen) atoms. The maximum atomic E-state index is 12.5. The number of fused-ring (bicyclic) bond motifs is 1. The Kier molecular flexibility index (Phi) is 5.11. The predicted octanol–water partition coefficient (Wildman–Crippen LogP) is 5.67. The normalized spacial score (nSPS) is 11.0. The number of amides is 1. The topological polar surface area (TPSA) is 54.9 Å². The van der Waals surface area contributed by atoms with Crippen molar-refractivity contribution in [2.24, 2.45) is 0 Å². The van der Waals surface area contributed by atoms with Gasteiger partial charge in [-0.05, 0) is 42.0 Å². The van der Waals surface area contributed by atoms with Gasteiger partial charge in [0.25, 0.3) is 5.91 Å². The van der Waals surface area contributed by atoms with Gasteiger partial charge in [0.05, 0.1) is 0 Å². The number of pyridine rings is 2. The molecule has 3 aromatic rings. The van der Waals surface area contributed by atoms with E-state index < -0.39 is 10.7 Å². The number of hydrogen-bond donors (Lipinski definition) is 1. The molecule has 0 aliphatic carbocycles. The van der Waals surface area contributed by atoms with Gasteiger partial charge in [0.15, 0.2) is 5.65 Å². The molecule has 2 heterocycles. The number of aromatic nitrogens is 2. The molecule has 0 unspecified atom stereocenters. The fourth-order valence-corrected chi connectivity index (χ4v) is 2.84. The highest BCUT2D eigenvalue weighted by molar-refractivity contribution is 6.44. The van der Waals surface area contributed by atoms with Crippen LogP contribution in [0.3, 0.4) is 0 Å². The molecule has 0 atom stereocenters. The Balaban J connectivity index is 1.94. The molecular weight excluding hydrogens is 392 g/mol. The van der Waals surface area contributed by atoms with Crippen molar-refractivity contribution in [2.45, 2.75) is 4.84 Å². The molecule has 0 saturated carbocycles. The third-order valence-corrected chi connectivity index (χ3v) is 4.17. The van der Waals surface area contributed by atoms with E-state index in [-0.39, 0.29) is 5.56 Å². The molecule has 0 radical (unpaired) electrons. The van der Waals surface area contributed by atoms with Gasteiger partial charge >= 0.3 is 0 Å². The number of benzene rings is 1. The predicted molar refractivity (Wildman–Crippen MR) is 98.4 cm³/mol. The number of hydrogen-bond acceptors (Lipinski definition) is 3. The lowest BCUT2D eigenvalue weighted by atomic mass is 10.1. The first-order chi connectivity index (χ1) is 11.4. The van der Waals surface area contributed by atoms with Crippen LogP contribution in [0.15, 0.2) is 42.5 Å². The van der Waals surface area contributed by atoms with E-state index in [9.17, 15) is 4.79 Å². The van der Waals surface area contributed by atoms with E-state index in [1.807, 2.05) is 0 Å². The highest BCUT2D eigenvalue weighted by Gasteiger charge is 2.17. The third kappa shape index (κ3) is 3.73. The average Bonchev–Trinajstić information content (AvgIpc) is 2.54. The van der Waals surface area contributed by atoms with Gasteiger partial charge in [0.2, 0.25) is 0 Å². The highest BCUT2D eigenvalue weighted by Crippen LogP contribution is 2.30. The van der Waals surface area contributed by atoms with Crippen LogP contribution in [-0.4, -0.2) is 15.9 Å². The van der Waals surface area contributed by atoms with Crippen LogP contribution in [0.25, 0.3) is 11.0 Å². The Morgan fingerprint density at radius 2 is 1.75 bits per heavy atom. The van der Waals surface area contributed by atoms with E-state index in [0.29, 0.717) is 27.2 Å². The molecule has 0 saturated heterocycles. The maximum Gasteiger partial charge on any atom is 0.257 e. The highest BCUT2D eigenvalue weighted by atomic mass is 35.5. The smallest absolute Gasteiger partial charge is 0.257 e. The van der Waals surface area contributed by atoms with E-state index in [0.717, 1.165) is 5.39 Å². The molecule has 0 aliphatic heterocycles. The van der Waals surface area contributed by atoms with Crippen molar-refractivity contribution in [2.75, 3.05) is 5.32 Å². The molecule has 4 nitrogen and oxygen atoms in total. The molecule has 1 amide bonds. The number of nitrogens with zero attached hydrogens (tertiary/aromatic N) is 2. The van der Waals surface area contributed by atoms with Crippen LogP contribution >= 0.6 is 46.4 Å². The fourth-order valence-electron chi connectivity index (χ4n) is 2.14. The largest absolute Gasteiger partial charge is 0.306 e. The van der Waals surface area contributed by atoms with Crippen molar-refractivity contribution < 1.29 is 4.79 Å². The molecule has 1 aromatic carbocycles. The average molecular weight is 401 g/mol. The summed E-state index contributed by atoms with van der Waals surface area (Å²) in [5.41, 5.74) is 1.17. The van der Waals surface area contributed by atoms with E-state index in [1.165, 1.54) is 6.07 Å². The van der Waals surface area contributed by atoms with E-state index >= 15 is 0 Å². The second-order valence-electron chi connectivity index (χ2n) is 4.86. The second kappa shape index (κ2) is 7.11. The van der Waals surface area contributed by atoms with Gasteiger partial charge in [0, 0.05) is 16.0 Å². The Bertz CT molecular complexity index is 930. The summed E-state index contributed by atoms with van der Waals surface area (Å²) in [7, 11) is 0. The van der Waals surface area contributed by atoms with Gasteiger partial charge in [-0.25, -0.2) is 9.97 Å². The summed E-state index contributed by atoms with van der Waals surface area (Å²) in [5.74, 6) is -0.0958. The summed E-state index contributed by atoms with van der Waals surface area (Å²) >= 11 is 23.6. The quantitative estimate of drug-likeness (QED) is 0.455. The number of rotatable bonds is 3. The SMILES string of the molecule is O=C(Nc1ccc2ccc(Cl)nc2n1)c1cc(Cl)ccc1C(Cl)Cl. The summed E-state index contributed by atoms with van der Waals surface area (Å²) in [6.45, 7) is 0. The molecule has 0 spiro atoms. The molecule has 0 bridgehead atoms. The number of carbonyl (C=O) groups is 1. The van der Waals surface area contributed by atoms with Gasteiger partial charge in [-0.2, -0.15) is 0 Å². The van der Waals surface area contributed by atoms with Crippen LogP contribution in [-0.2, 0) is 0 Å². The standard InChI is InChI=1S/C16H9Cl4N3O/c17-9-3-4-10(14(19)20)11(7-9)16(24)23-13-6-2-8-1-5-12(18)21-15(8)22-13/h1-7,14H,(H,21,22,23,24). The molecule has 122 valence electrons. The lowest BCUT2D eigenvalue weighted by molar-refractivity contribution is 0.102. The van der Waals surface area contributed by atoms with Crippen LogP contribution in [0.2, 0.25) is 10.2 Å². The number of anilines is 1. The minimum absolute atomic E-state index is 0.276. The van der Waals surface area contributed by atoms with E-state index in [1.54, 1.807) is 36.4 Å². The van der Waals surface area contributed by atoms with Crippen molar-refractivity contribution in [3.05, 3.63) is 63.8 Å². The summed E-state index contributed by atoms with van der Waals surface area (Å²) in [5, 5.41) is 4.21. The molecule has 3 rings (SSSR count). The summed E-state index contributed by atoms with van der Waals surface area (Å²) in [6.07, 6.45) is 0. The first kappa shape index (κ1) is 17.2. The van der Waals surface area contributed by atoms with E-state index in [4.69, 9.17) is 46.4 Å². The Morgan fingerprint density at radius 1 is 1.00 bits per heavy atom. The van der Waals surface area contributed by atoms with Crippen molar-refractivity contribution >= 4 is 69.2 Å². The minimum Gasteiger partial charge on any atom is -0.306 e. The second-order valence-corrected chi connectivity index (χ2v) is 6.78.